The van der Waals surface area contributed by atoms with Gasteiger partial charge in [0, 0.05) is 48.5 Å². The van der Waals surface area contributed by atoms with Gasteiger partial charge in [0.2, 0.25) is 6.41 Å². The van der Waals surface area contributed by atoms with Gasteiger partial charge in [-0.15, -0.1) is 0 Å². The first-order valence-electron chi connectivity index (χ1n) is 15.0. The molecule has 0 atom stereocenters. The number of carbonyl (C=O) groups excluding carboxylic acids is 2. The largest absolute Gasteiger partial charge is 0.372 e. The number of fused-ring (bicyclic) bond motifs is 3. The lowest BCUT2D eigenvalue weighted by molar-refractivity contribution is -0.117. The summed E-state index contributed by atoms with van der Waals surface area (Å²) in [5, 5.41) is 1.46. The second-order valence-corrected chi connectivity index (χ2v) is 10.6. The Bertz CT molecular complexity index is 1590. The Morgan fingerprint density at radius 3 is 2.40 bits per heavy atom. The maximum absolute atomic E-state index is 14.0. The zero-order valence-electron chi connectivity index (χ0n) is 25.9. The molecule has 1 saturated carbocycles. The molecule has 1 aliphatic heterocycles. The number of hydrogen-bond donors (Lipinski definition) is 0. The third kappa shape index (κ3) is 7.03. The van der Waals surface area contributed by atoms with Gasteiger partial charge in [0.25, 0.3) is 5.91 Å². The van der Waals surface area contributed by atoms with Crippen molar-refractivity contribution in [2.24, 2.45) is 0 Å². The molecule has 9 heteroatoms. The number of ether oxygens (including phenoxy) is 1. The molecule has 2 aromatic heterocycles. The van der Waals surface area contributed by atoms with E-state index in [0.717, 1.165) is 69.5 Å². The molecule has 226 valence electrons. The van der Waals surface area contributed by atoms with E-state index in [-0.39, 0.29) is 5.91 Å². The van der Waals surface area contributed by atoms with E-state index < -0.39 is 0 Å². The van der Waals surface area contributed by atoms with E-state index in [1.807, 2.05) is 71.0 Å². The zero-order valence-corrected chi connectivity index (χ0v) is 26.6. The van der Waals surface area contributed by atoms with Gasteiger partial charge in [0.1, 0.15) is 11.0 Å². The number of hydrogen-bond acceptors (Lipinski definition) is 6. The predicted octanol–water partition coefficient (Wildman–Crippen LogP) is 7.38. The van der Waals surface area contributed by atoms with Gasteiger partial charge in [0.05, 0.1) is 30.8 Å². The minimum Gasteiger partial charge on any atom is -0.372 e. The zero-order chi connectivity index (χ0) is 31.1. The van der Waals surface area contributed by atoms with Crippen LogP contribution in [-0.4, -0.2) is 39.2 Å². The number of halogens is 1. The van der Waals surface area contributed by atoms with Crippen LogP contribution < -0.4 is 4.90 Å². The van der Waals surface area contributed by atoms with E-state index in [1.165, 1.54) is 0 Å². The third-order valence-electron chi connectivity index (χ3n) is 7.47. The molecule has 2 amide bonds. The lowest BCUT2D eigenvalue weighted by Crippen LogP contribution is -2.31. The van der Waals surface area contributed by atoms with Crippen molar-refractivity contribution < 1.29 is 14.3 Å². The molecule has 2 aliphatic rings. The van der Waals surface area contributed by atoms with E-state index in [2.05, 4.69) is 15.0 Å². The highest BCUT2D eigenvalue weighted by atomic mass is 35.5. The normalized spacial score (nSPS) is 13.3. The van der Waals surface area contributed by atoms with Crippen LogP contribution in [0.2, 0.25) is 5.15 Å². The Hall–Kier alpha value is -3.88. The Morgan fingerprint density at radius 2 is 1.72 bits per heavy atom. The van der Waals surface area contributed by atoms with Gasteiger partial charge in [-0.1, -0.05) is 63.6 Å². The summed E-state index contributed by atoms with van der Waals surface area (Å²) in [7, 11) is 1.73. The average molecular weight is 602 g/mol. The molecule has 1 fully saturated rings. The highest BCUT2D eigenvalue weighted by Crippen LogP contribution is 2.38. The molecule has 0 bridgehead atoms. The Morgan fingerprint density at radius 1 is 1.02 bits per heavy atom. The Kier molecular flexibility index (Phi) is 10.8. The molecule has 2 aromatic carbocycles. The lowest BCUT2D eigenvalue weighted by Gasteiger charge is -2.26. The van der Waals surface area contributed by atoms with E-state index in [1.54, 1.807) is 29.2 Å². The fourth-order valence-electron chi connectivity index (χ4n) is 5.10. The molecule has 0 radical (unpaired) electrons. The molecule has 4 aromatic rings. The van der Waals surface area contributed by atoms with Gasteiger partial charge >= 0.3 is 0 Å². The van der Waals surface area contributed by atoms with Crippen LogP contribution >= 0.6 is 11.6 Å². The molecule has 0 spiro atoms. The molecule has 1 aliphatic carbocycles. The van der Waals surface area contributed by atoms with E-state index in [9.17, 15) is 9.59 Å². The molecular weight excluding hydrogens is 562 g/mol. The van der Waals surface area contributed by atoms with Crippen LogP contribution in [0.3, 0.4) is 0 Å². The number of nitrogens with zero attached hydrogens (tertiary/aromatic N) is 5. The van der Waals surface area contributed by atoms with Crippen LogP contribution in [0.15, 0.2) is 48.8 Å². The molecule has 6 rings (SSSR count). The van der Waals surface area contributed by atoms with Gasteiger partial charge in [-0.05, 0) is 54.2 Å². The number of amides is 2. The van der Waals surface area contributed by atoms with Crippen molar-refractivity contribution in [1.29, 1.82) is 0 Å². The second-order valence-electron chi connectivity index (χ2n) is 10.3. The number of pyridine rings is 1. The van der Waals surface area contributed by atoms with Crippen molar-refractivity contribution in [3.05, 3.63) is 93.2 Å². The van der Waals surface area contributed by atoms with Gasteiger partial charge in [0.15, 0.2) is 0 Å². The topological polar surface area (TPSA) is 88.5 Å². The summed E-state index contributed by atoms with van der Waals surface area (Å²) in [6.07, 6.45) is 6.23. The summed E-state index contributed by atoms with van der Waals surface area (Å²) in [5.74, 6) is 1.000. The Balaban J connectivity index is 0.00000102. The summed E-state index contributed by atoms with van der Waals surface area (Å²) in [6, 6.07) is 11.8. The number of rotatable bonds is 8. The maximum atomic E-state index is 14.0. The summed E-state index contributed by atoms with van der Waals surface area (Å²) in [6.45, 7) is 11.7. The Labute approximate surface area is 259 Å². The van der Waals surface area contributed by atoms with Crippen molar-refractivity contribution in [2.75, 3.05) is 11.9 Å². The van der Waals surface area contributed by atoms with Crippen LogP contribution in [0.25, 0.3) is 10.9 Å². The maximum Gasteiger partial charge on any atom is 0.261 e. The second kappa shape index (κ2) is 14.5. The van der Waals surface area contributed by atoms with Crippen molar-refractivity contribution >= 4 is 40.5 Å². The van der Waals surface area contributed by atoms with Crippen LogP contribution in [0.4, 0.5) is 5.69 Å². The SMILES string of the molecule is CC.CC.Cc1c(CN(C)C=O)cccc1N(Cc1ccc2c3c(c(Cl)nc2c1)COC3)C(=O)c1cnc(C2CC2)nc1. The first-order chi connectivity index (χ1) is 20.9. The van der Waals surface area contributed by atoms with E-state index >= 15 is 0 Å². The lowest BCUT2D eigenvalue weighted by atomic mass is 10.0. The van der Waals surface area contributed by atoms with Crippen molar-refractivity contribution in [2.45, 2.75) is 79.7 Å². The quantitative estimate of drug-likeness (QED) is 0.155. The molecule has 0 unspecified atom stereocenters. The van der Waals surface area contributed by atoms with Gasteiger partial charge in [-0.2, -0.15) is 0 Å². The summed E-state index contributed by atoms with van der Waals surface area (Å²) in [4.78, 5) is 42.2. The van der Waals surface area contributed by atoms with E-state index in [4.69, 9.17) is 16.3 Å². The van der Waals surface area contributed by atoms with Gasteiger partial charge in [-0.3, -0.25) is 9.59 Å². The molecular formula is C34H40ClN5O3. The molecule has 3 heterocycles. The highest BCUT2D eigenvalue weighted by Gasteiger charge is 2.28. The van der Waals surface area contributed by atoms with Crippen molar-refractivity contribution in [3.8, 4) is 0 Å². The van der Waals surface area contributed by atoms with Crippen molar-refractivity contribution in [3.63, 3.8) is 0 Å². The number of benzene rings is 2. The highest BCUT2D eigenvalue weighted by molar-refractivity contribution is 6.30. The minimum absolute atomic E-state index is 0.199. The van der Waals surface area contributed by atoms with Crippen LogP contribution in [0, 0.1) is 6.92 Å². The van der Waals surface area contributed by atoms with Gasteiger partial charge in [-0.25, -0.2) is 15.0 Å². The summed E-state index contributed by atoms with van der Waals surface area (Å²) < 4.78 is 5.61. The first kappa shape index (κ1) is 32.0. The molecule has 43 heavy (non-hydrogen) atoms. The summed E-state index contributed by atoms with van der Waals surface area (Å²) in [5.41, 5.74) is 6.75. The van der Waals surface area contributed by atoms with Gasteiger partial charge < -0.3 is 14.5 Å². The molecule has 8 nitrogen and oxygen atoms in total. The number of anilines is 1. The van der Waals surface area contributed by atoms with Crippen molar-refractivity contribution in [1.82, 2.24) is 19.9 Å². The third-order valence-corrected chi connectivity index (χ3v) is 7.78. The monoisotopic (exact) mass is 601 g/mol. The van der Waals surface area contributed by atoms with Crippen LogP contribution in [0.1, 0.15) is 90.5 Å². The molecule has 0 saturated heterocycles. The van der Waals surface area contributed by atoms with Crippen LogP contribution in [-0.2, 0) is 35.8 Å². The number of carbonyl (C=O) groups is 2. The predicted molar refractivity (Wildman–Crippen MR) is 171 cm³/mol. The minimum atomic E-state index is -0.199. The standard InChI is InChI=1S/C30H28ClN5O3.2C2H6/c1-18-21(14-35(2)17-37)4-3-5-27(18)36(30(38)22-11-32-29(33-12-22)20-7-8-20)13-19-6-9-23-24-15-39-16-25(24)28(31)34-26(23)10-19;2*1-2/h3-6,9-12,17,20H,7-8,13-16H2,1-2H3;2*1-2H3. The average Bonchev–Trinajstić information content (AvgIpc) is 3.78. The van der Waals surface area contributed by atoms with E-state index in [0.29, 0.717) is 42.9 Å². The fourth-order valence-corrected chi connectivity index (χ4v) is 5.36. The molecule has 0 N–H and O–H groups in total. The number of aromatic nitrogens is 3. The summed E-state index contributed by atoms with van der Waals surface area (Å²) >= 11 is 6.47. The van der Waals surface area contributed by atoms with Crippen LogP contribution in [0.5, 0.6) is 0 Å². The fraction of sp³-hybridized carbons (Fsp3) is 0.382. The first-order valence-corrected chi connectivity index (χ1v) is 15.4. The smallest absolute Gasteiger partial charge is 0.261 e.